The van der Waals surface area contributed by atoms with Crippen LogP contribution in [0.4, 0.5) is 13.2 Å². The molecule has 17 heavy (non-hydrogen) atoms. The number of rotatable bonds is 2. The lowest BCUT2D eigenvalue weighted by Crippen LogP contribution is -2.46. The standard InChI is InChI=1S/C10H12F3NO3/c11-10(12,13)9(17)14-7-3-4-1-5(7)2-6(4)8(15)16/h4-7H,1-3H2,(H,14,17)(H,15,16)/t4-,5-,6-,7-/m1/s1. The quantitative estimate of drug-likeness (QED) is 0.774. The molecule has 2 N–H and O–H groups in total. The van der Waals surface area contributed by atoms with E-state index in [1.165, 1.54) is 0 Å². The Labute approximate surface area is 95.2 Å². The summed E-state index contributed by atoms with van der Waals surface area (Å²) in [6, 6.07) is -0.523. The molecule has 0 aromatic rings. The molecule has 0 radical (unpaired) electrons. The Morgan fingerprint density at radius 1 is 1.12 bits per heavy atom. The molecule has 0 heterocycles. The molecule has 96 valence electrons. The van der Waals surface area contributed by atoms with E-state index < -0.39 is 30.0 Å². The average molecular weight is 251 g/mol. The lowest BCUT2D eigenvalue weighted by atomic mass is 9.86. The van der Waals surface area contributed by atoms with Crippen LogP contribution in [-0.4, -0.2) is 29.2 Å². The van der Waals surface area contributed by atoms with E-state index >= 15 is 0 Å². The number of hydrogen-bond acceptors (Lipinski definition) is 2. The maximum atomic E-state index is 12.0. The zero-order valence-corrected chi connectivity index (χ0v) is 8.83. The van der Waals surface area contributed by atoms with Gasteiger partial charge in [0.05, 0.1) is 5.92 Å². The number of carbonyl (C=O) groups excluding carboxylic acids is 1. The van der Waals surface area contributed by atoms with Gasteiger partial charge in [-0.1, -0.05) is 0 Å². The van der Waals surface area contributed by atoms with Crippen molar-refractivity contribution in [3.63, 3.8) is 0 Å². The van der Waals surface area contributed by atoms with Crippen LogP contribution in [0.25, 0.3) is 0 Å². The third-order valence-corrected chi connectivity index (χ3v) is 3.75. The third-order valence-electron chi connectivity index (χ3n) is 3.75. The summed E-state index contributed by atoms with van der Waals surface area (Å²) in [5.74, 6) is -3.51. The topological polar surface area (TPSA) is 66.4 Å². The largest absolute Gasteiger partial charge is 0.481 e. The Bertz CT molecular complexity index is 355. The van der Waals surface area contributed by atoms with Crippen molar-refractivity contribution in [1.29, 1.82) is 0 Å². The summed E-state index contributed by atoms with van der Waals surface area (Å²) in [6.07, 6.45) is -3.57. The van der Waals surface area contributed by atoms with Crippen LogP contribution in [0.2, 0.25) is 0 Å². The first-order valence-electron chi connectivity index (χ1n) is 5.39. The maximum Gasteiger partial charge on any atom is 0.471 e. The molecule has 4 atom stereocenters. The number of halogens is 3. The number of amides is 1. The molecule has 0 aliphatic heterocycles. The highest BCUT2D eigenvalue weighted by Crippen LogP contribution is 2.48. The summed E-state index contributed by atoms with van der Waals surface area (Å²) < 4.78 is 36.1. The summed E-state index contributed by atoms with van der Waals surface area (Å²) in [7, 11) is 0. The Balaban J connectivity index is 1.93. The number of hydrogen-bond donors (Lipinski definition) is 2. The van der Waals surface area contributed by atoms with Gasteiger partial charge in [-0.25, -0.2) is 0 Å². The lowest BCUT2D eigenvalue weighted by Gasteiger charge is -2.26. The fourth-order valence-electron chi connectivity index (χ4n) is 3.01. The molecule has 2 aliphatic carbocycles. The van der Waals surface area contributed by atoms with Gasteiger partial charge < -0.3 is 10.4 Å². The predicted octanol–water partition coefficient (Wildman–Crippen LogP) is 1.16. The van der Waals surface area contributed by atoms with E-state index in [9.17, 15) is 22.8 Å². The Morgan fingerprint density at radius 3 is 2.18 bits per heavy atom. The monoisotopic (exact) mass is 251 g/mol. The van der Waals surface area contributed by atoms with Crippen molar-refractivity contribution in [2.24, 2.45) is 17.8 Å². The van der Waals surface area contributed by atoms with E-state index in [0.29, 0.717) is 19.3 Å². The zero-order valence-electron chi connectivity index (χ0n) is 8.83. The van der Waals surface area contributed by atoms with E-state index in [1.807, 2.05) is 5.32 Å². The van der Waals surface area contributed by atoms with Crippen molar-refractivity contribution in [3.8, 4) is 0 Å². The van der Waals surface area contributed by atoms with Crippen LogP contribution in [0.1, 0.15) is 19.3 Å². The van der Waals surface area contributed by atoms with Crippen LogP contribution in [0.5, 0.6) is 0 Å². The molecule has 2 bridgehead atoms. The van der Waals surface area contributed by atoms with Crippen molar-refractivity contribution in [1.82, 2.24) is 5.32 Å². The van der Waals surface area contributed by atoms with E-state index in [2.05, 4.69) is 0 Å². The summed E-state index contributed by atoms with van der Waals surface area (Å²) in [4.78, 5) is 21.6. The Hall–Kier alpha value is -1.27. The second kappa shape index (κ2) is 3.89. The molecular weight excluding hydrogens is 239 g/mol. The molecule has 0 spiro atoms. The second-order valence-electron chi connectivity index (χ2n) is 4.75. The normalized spacial score (nSPS) is 35.9. The first-order valence-corrected chi connectivity index (χ1v) is 5.39. The third kappa shape index (κ3) is 2.23. The SMILES string of the molecule is O=C(O)[C@@H]1C[C@H]2C[C@@H]1C[C@H]2NC(=O)C(F)(F)F. The number of aliphatic carboxylic acids is 1. The highest BCUT2D eigenvalue weighted by Gasteiger charge is 2.51. The molecule has 1 amide bonds. The first kappa shape index (κ1) is 12.2. The van der Waals surface area contributed by atoms with Crippen molar-refractivity contribution in [3.05, 3.63) is 0 Å². The van der Waals surface area contributed by atoms with Gasteiger partial charge in [-0.2, -0.15) is 13.2 Å². The van der Waals surface area contributed by atoms with Crippen LogP contribution < -0.4 is 5.32 Å². The van der Waals surface area contributed by atoms with Gasteiger partial charge in [-0.3, -0.25) is 9.59 Å². The van der Waals surface area contributed by atoms with Gasteiger partial charge in [-0.05, 0) is 31.1 Å². The molecule has 2 saturated carbocycles. The first-order chi connectivity index (χ1) is 7.79. The average Bonchev–Trinajstić information content (AvgIpc) is 2.74. The number of carbonyl (C=O) groups is 2. The number of alkyl halides is 3. The van der Waals surface area contributed by atoms with E-state index in [-0.39, 0.29) is 11.8 Å². The summed E-state index contributed by atoms with van der Waals surface area (Å²) in [6.45, 7) is 0. The van der Waals surface area contributed by atoms with Crippen LogP contribution >= 0.6 is 0 Å². The van der Waals surface area contributed by atoms with Gasteiger partial charge >= 0.3 is 18.1 Å². The van der Waals surface area contributed by atoms with Crippen LogP contribution in [0, 0.1) is 17.8 Å². The molecule has 2 rings (SSSR count). The summed E-state index contributed by atoms with van der Waals surface area (Å²) >= 11 is 0. The summed E-state index contributed by atoms with van der Waals surface area (Å²) in [5, 5.41) is 10.8. The molecule has 0 aromatic carbocycles. The van der Waals surface area contributed by atoms with Gasteiger partial charge in [0.2, 0.25) is 0 Å². The number of nitrogens with one attached hydrogen (secondary N) is 1. The van der Waals surface area contributed by atoms with E-state index in [1.54, 1.807) is 0 Å². The van der Waals surface area contributed by atoms with Crippen LogP contribution in [0.15, 0.2) is 0 Å². The van der Waals surface area contributed by atoms with Crippen molar-refractivity contribution < 1.29 is 27.9 Å². The smallest absolute Gasteiger partial charge is 0.471 e. The molecule has 2 fully saturated rings. The van der Waals surface area contributed by atoms with Gasteiger partial charge in [0.1, 0.15) is 0 Å². The van der Waals surface area contributed by atoms with Gasteiger partial charge in [0.25, 0.3) is 0 Å². The van der Waals surface area contributed by atoms with Crippen LogP contribution in [0.3, 0.4) is 0 Å². The summed E-state index contributed by atoms with van der Waals surface area (Å²) in [5.41, 5.74) is 0. The molecule has 4 nitrogen and oxygen atoms in total. The minimum Gasteiger partial charge on any atom is -0.481 e. The molecule has 0 unspecified atom stereocenters. The highest BCUT2D eigenvalue weighted by molar-refractivity contribution is 5.82. The van der Waals surface area contributed by atoms with Crippen LogP contribution in [-0.2, 0) is 9.59 Å². The molecule has 2 aliphatic rings. The van der Waals surface area contributed by atoms with Crippen molar-refractivity contribution in [2.75, 3.05) is 0 Å². The second-order valence-corrected chi connectivity index (χ2v) is 4.75. The predicted molar refractivity (Wildman–Crippen MR) is 49.9 cm³/mol. The molecule has 7 heteroatoms. The molecular formula is C10H12F3NO3. The number of carboxylic acids is 1. The highest BCUT2D eigenvalue weighted by atomic mass is 19.4. The fourth-order valence-corrected chi connectivity index (χ4v) is 3.01. The minimum atomic E-state index is -4.87. The van der Waals surface area contributed by atoms with Gasteiger partial charge in [0, 0.05) is 6.04 Å². The lowest BCUT2D eigenvalue weighted by molar-refractivity contribution is -0.174. The number of carboxylic acid groups (broad SMARTS) is 1. The van der Waals surface area contributed by atoms with E-state index in [4.69, 9.17) is 5.11 Å². The van der Waals surface area contributed by atoms with E-state index in [0.717, 1.165) is 0 Å². The van der Waals surface area contributed by atoms with Gasteiger partial charge in [-0.15, -0.1) is 0 Å². The Kier molecular flexibility index (Phi) is 2.79. The Morgan fingerprint density at radius 2 is 1.76 bits per heavy atom. The fraction of sp³-hybridized carbons (Fsp3) is 0.800. The molecule has 0 aromatic heterocycles. The van der Waals surface area contributed by atoms with Gasteiger partial charge in [0.15, 0.2) is 0 Å². The zero-order chi connectivity index (χ0) is 12.8. The molecule has 0 saturated heterocycles. The number of fused-ring (bicyclic) bond motifs is 2. The van der Waals surface area contributed by atoms with Crippen molar-refractivity contribution >= 4 is 11.9 Å². The van der Waals surface area contributed by atoms with Crippen molar-refractivity contribution in [2.45, 2.75) is 31.5 Å². The maximum absolute atomic E-state index is 12.0. The minimum absolute atomic E-state index is 0.101.